The fourth-order valence-corrected chi connectivity index (χ4v) is 7.25. The van der Waals surface area contributed by atoms with Gasteiger partial charge in [0.15, 0.2) is 0 Å². The fourth-order valence-electron chi connectivity index (χ4n) is 7.25. The van der Waals surface area contributed by atoms with Crippen LogP contribution in [0.25, 0.3) is 0 Å². The zero-order valence-electron chi connectivity index (χ0n) is 39.3. The average molecular weight is 838 g/mol. The minimum absolute atomic E-state index is 0.0474. The first kappa shape index (κ1) is 57.3. The number of hydrogen-bond acceptors (Lipinski definition) is 5. The van der Waals surface area contributed by atoms with E-state index in [4.69, 9.17) is 4.74 Å². The molecule has 0 aromatic rings. The lowest BCUT2D eigenvalue weighted by Gasteiger charge is -2.23. The summed E-state index contributed by atoms with van der Waals surface area (Å²) in [6, 6.07) is -0.743. The molecule has 6 nitrogen and oxygen atoms in total. The summed E-state index contributed by atoms with van der Waals surface area (Å²) in [4.78, 5) is 26.0. The van der Waals surface area contributed by atoms with E-state index in [0.29, 0.717) is 19.3 Å². The molecule has 0 aliphatic rings. The van der Waals surface area contributed by atoms with E-state index in [1.807, 2.05) is 6.08 Å². The zero-order chi connectivity index (χ0) is 43.8. The van der Waals surface area contributed by atoms with Gasteiger partial charge in [0.2, 0.25) is 5.91 Å². The zero-order valence-corrected chi connectivity index (χ0v) is 39.3. The van der Waals surface area contributed by atoms with Gasteiger partial charge in [-0.2, -0.15) is 0 Å². The maximum atomic E-state index is 13.1. The second kappa shape index (κ2) is 47.4. The smallest absolute Gasteiger partial charge is 0.306 e. The lowest BCUT2D eigenvalue weighted by atomic mass is 10.0. The molecule has 0 radical (unpaired) electrons. The Morgan fingerprint density at radius 3 is 1.27 bits per heavy atom. The molecular weight excluding hydrogens is 743 g/mol. The Morgan fingerprint density at radius 1 is 0.500 bits per heavy atom. The molecule has 0 bridgehead atoms. The summed E-state index contributed by atoms with van der Waals surface area (Å²) in [7, 11) is 0. The van der Waals surface area contributed by atoms with Crippen LogP contribution in [0.15, 0.2) is 72.9 Å². The van der Waals surface area contributed by atoms with Gasteiger partial charge in [0.05, 0.1) is 25.2 Å². The number of hydrogen-bond donors (Lipinski definition) is 3. The van der Waals surface area contributed by atoms with Crippen molar-refractivity contribution in [2.24, 2.45) is 0 Å². The molecule has 0 heterocycles. The number of aliphatic hydroxyl groups excluding tert-OH is 2. The van der Waals surface area contributed by atoms with E-state index in [0.717, 1.165) is 70.6 Å². The molecule has 346 valence electrons. The third-order valence-corrected chi connectivity index (χ3v) is 11.0. The molecule has 3 unspecified atom stereocenters. The van der Waals surface area contributed by atoms with Crippen LogP contribution in [0.2, 0.25) is 0 Å². The molecule has 3 N–H and O–H groups in total. The van der Waals surface area contributed by atoms with Gasteiger partial charge in [0, 0.05) is 6.42 Å². The summed E-state index contributed by atoms with van der Waals surface area (Å²) in [5.74, 6) is -0.629. The summed E-state index contributed by atoms with van der Waals surface area (Å²) in [6.07, 6.45) is 59.9. The summed E-state index contributed by atoms with van der Waals surface area (Å²) in [5.41, 5.74) is 0. The lowest BCUT2D eigenvalue weighted by molar-refractivity contribution is -0.148. The molecule has 0 fully saturated rings. The van der Waals surface area contributed by atoms with Crippen LogP contribution >= 0.6 is 0 Å². The van der Waals surface area contributed by atoms with Crippen LogP contribution in [0.3, 0.4) is 0 Å². The van der Waals surface area contributed by atoms with Crippen LogP contribution < -0.4 is 5.32 Å². The van der Waals surface area contributed by atoms with E-state index in [-0.39, 0.29) is 24.9 Å². The Kier molecular flexibility index (Phi) is 45.2. The molecule has 0 aliphatic heterocycles. The molecule has 0 saturated heterocycles. The van der Waals surface area contributed by atoms with Crippen LogP contribution in [-0.2, 0) is 14.3 Å². The summed E-state index contributed by atoms with van der Waals surface area (Å²) >= 11 is 0. The van der Waals surface area contributed by atoms with Gasteiger partial charge in [-0.3, -0.25) is 9.59 Å². The van der Waals surface area contributed by atoms with Gasteiger partial charge in [-0.25, -0.2) is 0 Å². The molecule has 0 spiro atoms. The van der Waals surface area contributed by atoms with Gasteiger partial charge in [-0.05, 0) is 57.4 Å². The summed E-state index contributed by atoms with van der Waals surface area (Å²) < 4.78 is 5.81. The minimum Gasteiger partial charge on any atom is -0.458 e. The van der Waals surface area contributed by atoms with Crippen molar-refractivity contribution in [1.29, 1.82) is 0 Å². The van der Waals surface area contributed by atoms with Crippen molar-refractivity contribution in [2.75, 3.05) is 6.61 Å². The van der Waals surface area contributed by atoms with E-state index >= 15 is 0 Å². The SMILES string of the molecule is CC/C=C\C/C=C\C/C=C\C/C=C\C/C=C\C/C=C\C(CC(=O)NC(CO)C(O)CCCCCCCCCCCCCC)OC(=O)CCCCCCCCCCCCCC. The highest BCUT2D eigenvalue weighted by atomic mass is 16.5. The Morgan fingerprint density at radius 2 is 0.867 bits per heavy atom. The van der Waals surface area contributed by atoms with E-state index in [1.165, 1.54) is 116 Å². The number of ether oxygens (including phenoxy) is 1. The van der Waals surface area contributed by atoms with Crippen molar-refractivity contribution >= 4 is 11.9 Å². The Balaban J connectivity index is 4.78. The maximum absolute atomic E-state index is 13.1. The second-order valence-corrected chi connectivity index (χ2v) is 16.8. The molecule has 0 aromatic carbocycles. The van der Waals surface area contributed by atoms with E-state index in [2.05, 4.69) is 86.8 Å². The molecule has 1 amide bonds. The van der Waals surface area contributed by atoms with Gasteiger partial charge in [-0.15, -0.1) is 0 Å². The lowest BCUT2D eigenvalue weighted by Crippen LogP contribution is -2.46. The molecule has 0 rings (SSSR count). The number of unbranched alkanes of at least 4 members (excludes halogenated alkanes) is 22. The van der Waals surface area contributed by atoms with Crippen molar-refractivity contribution in [3.05, 3.63) is 72.9 Å². The van der Waals surface area contributed by atoms with Crippen molar-refractivity contribution in [2.45, 2.75) is 251 Å². The van der Waals surface area contributed by atoms with Crippen molar-refractivity contribution in [3.63, 3.8) is 0 Å². The number of amides is 1. The summed E-state index contributed by atoms with van der Waals surface area (Å²) in [5, 5.41) is 23.7. The van der Waals surface area contributed by atoms with E-state index in [1.54, 1.807) is 6.08 Å². The van der Waals surface area contributed by atoms with Gasteiger partial charge >= 0.3 is 5.97 Å². The van der Waals surface area contributed by atoms with Crippen LogP contribution in [0.1, 0.15) is 233 Å². The second-order valence-electron chi connectivity index (χ2n) is 16.8. The van der Waals surface area contributed by atoms with Gasteiger partial charge in [0.1, 0.15) is 6.10 Å². The number of allylic oxidation sites excluding steroid dienone is 11. The predicted octanol–water partition coefficient (Wildman–Crippen LogP) is 15.0. The van der Waals surface area contributed by atoms with E-state index in [9.17, 15) is 19.8 Å². The molecule has 0 saturated carbocycles. The standard InChI is InChI=1S/C54H95NO5/c1-4-7-10-13-16-19-22-25-26-27-28-29-30-33-36-39-42-45-50(60-54(59)47-44-41-38-35-32-24-21-18-15-12-9-6-3)48-53(58)55-51(49-56)52(57)46-43-40-37-34-31-23-20-17-14-11-8-5-2/h7,10,16,19,25-26,28-29,33,36,42,45,50-52,56-57H,4-6,8-9,11-15,17-18,20-24,27,30-32,34-35,37-41,43-44,46-49H2,1-3H3,(H,55,58)/b10-7-,19-16-,26-25-,29-28-,36-33-,45-42-. The quantitative estimate of drug-likeness (QED) is 0.0323. The van der Waals surface area contributed by atoms with Gasteiger partial charge in [0.25, 0.3) is 0 Å². The topological polar surface area (TPSA) is 95.9 Å². The van der Waals surface area contributed by atoms with Crippen LogP contribution in [-0.4, -0.2) is 46.9 Å². The van der Waals surface area contributed by atoms with E-state index < -0.39 is 18.2 Å². The normalized spacial score (nSPS) is 13.9. The Labute approximate surface area is 371 Å². The first-order chi connectivity index (χ1) is 29.5. The van der Waals surface area contributed by atoms with Crippen LogP contribution in [0.4, 0.5) is 0 Å². The third-order valence-electron chi connectivity index (χ3n) is 11.0. The average Bonchev–Trinajstić information content (AvgIpc) is 3.24. The highest BCUT2D eigenvalue weighted by Gasteiger charge is 2.23. The molecule has 0 aliphatic carbocycles. The number of carbonyl (C=O) groups is 2. The van der Waals surface area contributed by atoms with Crippen LogP contribution in [0.5, 0.6) is 0 Å². The number of rotatable bonds is 44. The molecule has 0 aromatic heterocycles. The van der Waals surface area contributed by atoms with Crippen molar-refractivity contribution in [3.8, 4) is 0 Å². The largest absolute Gasteiger partial charge is 0.458 e. The van der Waals surface area contributed by atoms with Crippen LogP contribution in [0, 0.1) is 0 Å². The molecular formula is C54H95NO5. The monoisotopic (exact) mass is 838 g/mol. The number of nitrogens with one attached hydrogen (secondary N) is 1. The van der Waals surface area contributed by atoms with Crippen molar-refractivity contribution < 1.29 is 24.5 Å². The fraction of sp³-hybridized carbons (Fsp3) is 0.741. The van der Waals surface area contributed by atoms with Crippen molar-refractivity contribution in [1.82, 2.24) is 5.32 Å². The molecule has 60 heavy (non-hydrogen) atoms. The highest BCUT2D eigenvalue weighted by molar-refractivity contribution is 5.78. The number of esters is 1. The van der Waals surface area contributed by atoms with Gasteiger partial charge < -0.3 is 20.3 Å². The maximum Gasteiger partial charge on any atom is 0.306 e. The first-order valence-corrected chi connectivity index (χ1v) is 25.2. The molecule has 6 heteroatoms. The predicted molar refractivity (Wildman–Crippen MR) is 259 cm³/mol. The van der Waals surface area contributed by atoms with Gasteiger partial charge in [-0.1, -0.05) is 235 Å². The number of aliphatic hydroxyl groups is 2. The summed E-state index contributed by atoms with van der Waals surface area (Å²) in [6.45, 7) is 6.32. The molecule has 3 atom stereocenters. The first-order valence-electron chi connectivity index (χ1n) is 25.2. The Bertz CT molecular complexity index is 1120. The minimum atomic E-state index is -0.820. The third kappa shape index (κ3) is 42.0. The Hall–Kier alpha value is -2.70. The number of carbonyl (C=O) groups excluding carboxylic acids is 2. The highest BCUT2D eigenvalue weighted by Crippen LogP contribution is 2.16.